The normalized spacial score (nSPS) is 13.8. The Hall–Kier alpha value is -1.43. The van der Waals surface area contributed by atoms with Crippen LogP contribution >= 0.6 is 0 Å². The van der Waals surface area contributed by atoms with Crippen molar-refractivity contribution < 1.29 is 13.2 Å². The highest BCUT2D eigenvalue weighted by Gasteiger charge is 2.21. The monoisotopic (exact) mass is 256 g/mol. The number of hydrogen-bond acceptors (Lipinski definition) is 4. The van der Waals surface area contributed by atoms with Crippen molar-refractivity contribution in [3.05, 3.63) is 29.1 Å². The van der Waals surface area contributed by atoms with E-state index in [4.69, 9.17) is 0 Å². The molecule has 1 aromatic heterocycles. The van der Waals surface area contributed by atoms with Crippen LogP contribution in [0, 0.1) is 5.21 Å². The summed E-state index contributed by atoms with van der Waals surface area (Å²) < 4.78 is 23.7. The van der Waals surface area contributed by atoms with Crippen LogP contribution in [-0.2, 0) is 9.84 Å². The Labute approximate surface area is 101 Å². The van der Waals surface area contributed by atoms with Crippen molar-refractivity contribution in [2.75, 3.05) is 6.26 Å². The maximum absolute atomic E-state index is 11.8. The van der Waals surface area contributed by atoms with Crippen LogP contribution < -0.4 is 0 Å². The van der Waals surface area contributed by atoms with Crippen molar-refractivity contribution in [3.8, 4) is 0 Å². The van der Waals surface area contributed by atoms with Gasteiger partial charge in [-0.1, -0.05) is 0 Å². The molecule has 0 aliphatic heterocycles. The van der Waals surface area contributed by atoms with E-state index in [2.05, 4.69) is 4.98 Å². The first-order valence-corrected chi connectivity index (χ1v) is 6.98. The molecule has 5 nitrogen and oxygen atoms in total. The molecule has 0 fully saturated rings. The van der Waals surface area contributed by atoms with Gasteiger partial charge in [0, 0.05) is 33.2 Å². The molecule has 0 amide bonds. The quantitative estimate of drug-likeness (QED) is 0.345. The lowest BCUT2D eigenvalue weighted by atomic mass is 10.1. The molecule has 0 atom stereocenters. The number of nitrogens with zero attached hydrogens (tertiary/aromatic N) is 2. The van der Waals surface area contributed by atoms with E-state index in [-0.39, 0.29) is 5.03 Å². The topological polar surface area (TPSA) is 73.1 Å². The lowest BCUT2D eigenvalue weighted by molar-refractivity contribution is -0.530. The summed E-state index contributed by atoms with van der Waals surface area (Å²) in [6.45, 7) is 5.23. The summed E-state index contributed by atoms with van der Waals surface area (Å²) in [5.74, 6) is 0. The number of aromatic nitrogens is 1. The zero-order valence-corrected chi connectivity index (χ0v) is 11.2. The molecule has 0 saturated carbocycles. The van der Waals surface area contributed by atoms with Crippen LogP contribution in [0.4, 0.5) is 0 Å². The lowest BCUT2D eigenvalue weighted by Gasteiger charge is -2.18. The first-order valence-electron chi connectivity index (χ1n) is 5.09. The smallest absolute Gasteiger partial charge is 0.193 e. The molecule has 0 aromatic carbocycles. The van der Waals surface area contributed by atoms with Crippen molar-refractivity contribution in [1.82, 2.24) is 4.98 Å². The van der Waals surface area contributed by atoms with Gasteiger partial charge >= 0.3 is 0 Å². The van der Waals surface area contributed by atoms with Gasteiger partial charge in [-0.05, 0) is 12.1 Å². The summed E-state index contributed by atoms with van der Waals surface area (Å²) in [5, 5.41) is 11.7. The van der Waals surface area contributed by atoms with Crippen LogP contribution in [0.5, 0.6) is 0 Å². The van der Waals surface area contributed by atoms with Gasteiger partial charge in [-0.3, -0.25) is 0 Å². The molecular weight excluding hydrogens is 240 g/mol. The van der Waals surface area contributed by atoms with Gasteiger partial charge in [-0.2, -0.15) is 0 Å². The zero-order valence-electron chi connectivity index (χ0n) is 10.3. The second kappa shape index (κ2) is 4.44. The summed E-state index contributed by atoms with van der Waals surface area (Å²) in [4.78, 5) is 3.80. The minimum Gasteiger partial charge on any atom is -0.623 e. The predicted octanol–water partition coefficient (Wildman–Crippen LogP) is 1.21. The van der Waals surface area contributed by atoms with E-state index in [0.717, 1.165) is 11.0 Å². The number of pyridine rings is 1. The molecule has 17 heavy (non-hydrogen) atoms. The van der Waals surface area contributed by atoms with Crippen molar-refractivity contribution in [2.24, 2.45) is 0 Å². The van der Waals surface area contributed by atoms with Crippen LogP contribution in [0.25, 0.3) is 0 Å². The second-order valence-corrected chi connectivity index (χ2v) is 6.73. The molecule has 0 aliphatic carbocycles. The van der Waals surface area contributed by atoms with Gasteiger partial charge < -0.3 is 5.21 Å². The van der Waals surface area contributed by atoms with E-state index in [9.17, 15) is 13.6 Å². The third-order valence-electron chi connectivity index (χ3n) is 2.07. The molecule has 0 aliphatic rings. The fraction of sp³-hybridized carbons (Fsp3) is 0.455. The Balaban J connectivity index is 3.35. The van der Waals surface area contributed by atoms with Gasteiger partial charge in [0.1, 0.15) is 0 Å². The highest BCUT2D eigenvalue weighted by molar-refractivity contribution is 7.90. The highest BCUT2D eigenvalue weighted by Crippen LogP contribution is 2.12. The predicted molar refractivity (Wildman–Crippen MR) is 65.9 cm³/mol. The van der Waals surface area contributed by atoms with Crippen LogP contribution in [0.1, 0.15) is 26.3 Å². The highest BCUT2D eigenvalue weighted by atomic mass is 32.2. The van der Waals surface area contributed by atoms with E-state index >= 15 is 0 Å². The van der Waals surface area contributed by atoms with Crippen molar-refractivity contribution in [1.29, 1.82) is 0 Å². The summed E-state index contributed by atoms with van der Waals surface area (Å²) in [7, 11) is -3.43. The first kappa shape index (κ1) is 13.6. The van der Waals surface area contributed by atoms with E-state index < -0.39 is 15.4 Å². The van der Waals surface area contributed by atoms with Crippen molar-refractivity contribution in [2.45, 2.75) is 31.3 Å². The fourth-order valence-electron chi connectivity index (χ4n) is 1.13. The van der Waals surface area contributed by atoms with Crippen LogP contribution in [0.2, 0.25) is 0 Å². The maximum Gasteiger partial charge on any atom is 0.193 e. The van der Waals surface area contributed by atoms with Crippen molar-refractivity contribution >= 4 is 16.1 Å². The largest absolute Gasteiger partial charge is 0.623 e. The molecule has 1 heterocycles. The minimum absolute atomic E-state index is 0.0786. The molecule has 0 spiro atoms. The molecule has 0 N–H and O–H groups in total. The SMILES string of the molecule is CC(C)(C)[N+]([O-])=Cc1cccnc1S(C)(=O)=O. The molecule has 1 rings (SSSR count). The Morgan fingerprint density at radius 3 is 2.47 bits per heavy atom. The number of hydroxylamine groups is 1. The molecule has 0 radical (unpaired) electrons. The van der Waals surface area contributed by atoms with E-state index in [0.29, 0.717) is 5.56 Å². The second-order valence-electron chi connectivity index (χ2n) is 4.80. The Kier molecular flexibility index (Phi) is 3.56. The molecular formula is C11H16N2O3S. The summed E-state index contributed by atoms with van der Waals surface area (Å²) in [6.07, 6.45) is 3.71. The lowest BCUT2D eigenvalue weighted by Crippen LogP contribution is -2.29. The first-order chi connectivity index (χ1) is 7.62. The van der Waals surface area contributed by atoms with Crippen LogP contribution in [0.3, 0.4) is 0 Å². The van der Waals surface area contributed by atoms with Crippen LogP contribution in [0.15, 0.2) is 23.4 Å². The molecule has 0 saturated heterocycles. The van der Waals surface area contributed by atoms with Gasteiger partial charge in [0.05, 0.1) is 5.56 Å². The Morgan fingerprint density at radius 1 is 1.41 bits per heavy atom. The van der Waals surface area contributed by atoms with Crippen LogP contribution in [-0.4, -0.2) is 36.1 Å². The summed E-state index contributed by atoms with van der Waals surface area (Å²) in [5.41, 5.74) is -0.315. The average molecular weight is 256 g/mol. The number of hydrogen-bond donors (Lipinski definition) is 0. The molecule has 1 aromatic rings. The average Bonchev–Trinajstić information content (AvgIpc) is 2.15. The minimum atomic E-state index is -3.43. The van der Waals surface area contributed by atoms with Crippen molar-refractivity contribution in [3.63, 3.8) is 0 Å². The van der Waals surface area contributed by atoms with E-state index in [1.54, 1.807) is 32.9 Å². The standard InChI is InChI=1S/C11H16N2O3S/c1-11(2,3)13(14)8-9-6-5-7-12-10(9)17(4,15)16/h5-8H,1-4H3. The summed E-state index contributed by atoms with van der Waals surface area (Å²) >= 11 is 0. The van der Waals surface area contributed by atoms with Gasteiger partial charge in [0.2, 0.25) is 0 Å². The fourth-order valence-corrected chi connectivity index (χ4v) is 1.93. The molecule has 94 valence electrons. The van der Waals surface area contributed by atoms with Gasteiger partial charge in [-0.25, -0.2) is 18.1 Å². The third-order valence-corrected chi connectivity index (χ3v) is 3.11. The number of sulfone groups is 1. The Bertz CT molecular complexity index is 542. The third kappa shape index (κ3) is 3.52. The molecule has 0 unspecified atom stereocenters. The van der Waals surface area contributed by atoms with E-state index in [1.165, 1.54) is 12.4 Å². The zero-order chi connectivity index (χ0) is 13.3. The van der Waals surface area contributed by atoms with Gasteiger partial charge in [0.15, 0.2) is 26.6 Å². The molecule has 6 heteroatoms. The van der Waals surface area contributed by atoms with Gasteiger partial charge in [0.25, 0.3) is 0 Å². The maximum atomic E-state index is 11.8. The molecule has 0 bridgehead atoms. The number of rotatable bonds is 2. The Morgan fingerprint density at radius 2 is 2.00 bits per heavy atom. The van der Waals surface area contributed by atoms with Gasteiger partial charge in [-0.15, -0.1) is 0 Å². The van der Waals surface area contributed by atoms with E-state index in [1.807, 2.05) is 0 Å². The summed E-state index contributed by atoms with van der Waals surface area (Å²) in [6, 6.07) is 3.15.